The fraction of sp³-hybridized carbons (Fsp3) is 0.500. The van der Waals surface area contributed by atoms with Crippen molar-refractivity contribution in [3.8, 4) is 0 Å². The largest absolute Gasteiger partial charge is 0.378 e. The number of H-pyrrole nitrogens is 1. The molecule has 1 N–H and O–H groups in total. The molecule has 140 valence electrons. The van der Waals surface area contributed by atoms with Crippen LogP contribution in [0.4, 0.5) is 5.95 Å². The van der Waals surface area contributed by atoms with E-state index in [1.54, 1.807) is 23.3 Å². The lowest BCUT2D eigenvalue weighted by Gasteiger charge is -2.27. The summed E-state index contributed by atoms with van der Waals surface area (Å²) in [5, 5.41) is 4.03. The monoisotopic (exact) mass is 376 g/mol. The third-order valence-corrected chi connectivity index (χ3v) is 5.27. The minimum absolute atomic E-state index is 0.0206. The zero-order chi connectivity index (χ0) is 18.5. The van der Waals surface area contributed by atoms with Crippen molar-refractivity contribution in [1.82, 2.24) is 14.9 Å². The molecule has 0 bridgehead atoms. The van der Waals surface area contributed by atoms with Gasteiger partial charge in [0, 0.05) is 44.4 Å². The SMILES string of the molecule is Cc1nc(N2CCOCC2)[nH]c(=O)c1CCC(=O)N(C)Cc1ccsc1. The zero-order valence-corrected chi connectivity index (χ0v) is 16.0. The smallest absolute Gasteiger partial charge is 0.255 e. The molecule has 0 aromatic carbocycles. The van der Waals surface area contributed by atoms with Crippen molar-refractivity contribution in [2.75, 3.05) is 38.3 Å². The molecule has 0 atom stereocenters. The van der Waals surface area contributed by atoms with Crippen LogP contribution in [0.5, 0.6) is 0 Å². The predicted octanol–water partition coefficient (Wildman–Crippen LogP) is 1.57. The third-order valence-electron chi connectivity index (χ3n) is 4.53. The Morgan fingerprint density at radius 2 is 2.19 bits per heavy atom. The van der Waals surface area contributed by atoms with Crippen molar-refractivity contribution < 1.29 is 9.53 Å². The summed E-state index contributed by atoms with van der Waals surface area (Å²) in [7, 11) is 1.79. The summed E-state index contributed by atoms with van der Waals surface area (Å²) in [4.78, 5) is 35.9. The molecule has 8 heteroatoms. The molecule has 0 saturated carbocycles. The van der Waals surface area contributed by atoms with E-state index in [9.17, 15) is 9.59 Å². The van der Waals surface area contributed by atoms with Crippen molar-refractivity contribution >= 4 is 23.2 Å². The number of anilines is 1. The Kier molecular flexibility index (Phi) is 6.05. The number of hydrogen-bond acceptors (Lipinski definition) is 6. The Morgan fingerprint density at radius 1 is 1.42 bits per heavy atom. The van der Waals surface area contributed by atoms with Crippen LogP contribution in [0.3, 0.4) is 0 Å². The van der Waals surface area contributed by atoms with Crippen LogP contribution in [0, 0.1) is 6.92 Å². The zero-order valence-electron chi connectivity index (χ0n) is 15.2. The number of aromatic amines is 1. The van der Waals surface area contributed by atoms with E-state index in [1.165, 1.54) is 0 Å². The molecule has 26 heavy (non-hydrogen) atoms. The number of aryl methyl sites for hydroxylation is 1. The van der Waals surface area contributed by atoms with Crippen LogP contribution >= 0.6 is 11.3 Å². The molecule has 3 rings (SSSR count). The average molecular weight is 376 g/mol. The minimum Gasteiger partial charge on any atom is -0.378 e. The topological polar surface area (TPSA) is 78.5 Å². The highest BCUT2D eigenvalue weighted by Crippen LogP contribution is 2.13. The maximum absolute atomic E-state index is 12.5. The van der Waals surface area contributed by atoms with Gasteiger partial charge in [-0.1, -0.05) is 0 Å². The fourth-order valence-corrected chi connectivity index (χ4v) is 3.64. The van der Waals surface area contributed by atoms with Gasteiger partial charge < -0.3 is 14.5 Å². The standard InChI is InChI=1S/C18H24N4O3S/c1-13-15(3-4-16(23)21(2)11-14-5-10-26-12-14)17(24)20-18(19-13)22-6-8-25-9-7-22/h5,10,12H,3-4,6-9,11H2,1-2H3,(H,19,20,24). The van der Waals surface area contributed by atoms with Gasteiger partial charge in [0.25, 0.3) is 5.56 Å². The molecule has 1 saturated heterocycles. The molecule has 3 heterocycles. The molecule has 1 aliphatic rings. The number of aromatic nitrogens is 2. The number of morpholine rings is 1. The normalized spacial score (nSPS) is 14.5. The Balaban J connectivity index is 1.62. The molecular weight excluding hydrogens is 352 g/mol. The number of rotatable bonds is 6. The van der Waals surface area contributed by atoms with Crippen molar-refractivity contribution in [3.63, 3.8) is 0 Å². The van der Waals surface area contributed by atoms with Gasteiger partial charge in [-0.15, -0.1) is 0 Å². The third kappa shape index (κ3) is 4.50. The van der Waals surface area contributed by atoms with E-state index < -0.39 is 0 Å². The van der Waals surface area contributed by atoms with E-state index in [0.29, 0.717) is 62.9 Å². The first-order valence-electron chi connectivity index (χ1n) is 8.72. The lowest BCUT2D eigenvalue weighted by atomic mass is 10.1. The summed E-state index contributed by atoms with van der Waals surface area (Å²) < 4.78 is 5.33. The number of hydrogen-bond donors (Lipinski definition) is 1. The van der Waals surface area contributed by atoms with Gasteiger partial charge in [0.1, 0.15) is 0 Å². The predicted molar refractivity (Wildman–Crippen MR) is 102 cm³/mol. The molecule has 0 aliphatic carbocycles. The number of amides is 1. The van der Waals surface area contributed by atoms with E-state index in [0.717, 1.165) is 5.56 Å². The Morgan fingerprint density at radius 3 is 2.85 bits per heavy atom. The first-order valence-corrected chi connectivity index (χ1v) is 9.66. The molecular formula is C18H24N4O3S. The van der Waals surface area contributed by atoms with Gasteiger partial charge in [-0.05, 0) is 35.7 Å². The minimum atomic E-state index is -0.160. The van der Waals surface area contributed by atoms with Crippen LogP contribution in [-0.4, -0.2) is 54.1 Å². The number of carbonyl (C=O) groups is 1. The molecule has 1 fully saturated rings. The number of thiophene rings is 1. The molecule has 1 aliphatic heterocycles. The van der Waals surface area contributed by atoms with E-state index in [-0.39, 0.29) is 11.5 Å². The summed E-state index contributed by atoms with van der Waals surface area (Å²) in [6.45, 7) is 5.12. The van der Waals surface area contributed by atoms with Crippen LogP contribution in [0.1, 0.15) is 23.2 Å². The summed E-state index contributed by atoms with van der Waals surface area (Å²) >= 11 is 1.62. The number of nitrogens with zero attached hydrogens (tertiary/aromatic N) is 3. The number of nitrogens with one attached hydrogen (secondary N) is 1. The van der Waals surface area contributed by atoms with Crippen LogP contribution < -0.4 is 10.5 Å². The molecule has 1 amide bonds. The summed E-state index contributed by atoms with van der Waals surface area (Å²) in [6, 6.07) is 2.01. The van der Waals surface area contributed by atoms with Crippen molar-refractivity contribution in [1.29, 1.82) is 0 Å². The maximum Gasteiger partial charge on any atom is 0.255 e. The quantitative estimate of drug-likeness (QED) is 0.828. The fourth-order valence-electron chi connectivity index (χ4n) is 2.98. The van der Waals surface area contributed by atoms with E-state index in [2.05, 4.69) is 9.97 Å². The Bertz CT molecular complexity index is 797. The Labute approximate surface area is 156 Å². The Hall–Kier alpha value is -2.19. The average Bonchev–Trinajstić information content (AvgIpc) is 3.14. The summed E-state index contributed by atoms with van der Waals surface area (Å²) in [6.07, 6.45) is 0.688. The van der Waals surface area contributed by atoms with E-state index in [1.807, 2.05) is 28.7 Å². The molecule has 2 aromatic rings. The van der Waals surface area contributed by atoms with Gasteiger partial charge in [0.15, 0.2) is 0 Å². The lowest BCUT2D eigenvalue weighted by Crippen LogP contribution is -2.38. The van der Waals surface area contributed by atoms with Crippen LogP contribution in [0.25, 0.3) is 0 Å². The van der Waals surface area contributed by atoms with Gasteiger partial charge in [0.2, 0.25) is 11.9 Å². The van der Waals surface area contributed by atoms with Gasteiger partial charge in [-0.3, -0.25) is 14.6 Å². The second-order valence-electron chi connectivity index (χ2n) is 6.43. The summed E-state index contributed by atoms with van der Waals surface area (Å²) in [5.41, 5.74) is 2.23. The maximum atomic E-state index is 12.5. The van der Waals surface area contributed by atoms with Gasteiger partial charge in [-0.25, -0.2) is 4.98 Å². The van der Waals surface area contributed by atoms with E-state index in [4.69, 9.17) is 4.74 Å². The van der Waals surface area contributed by atoms with Crippen LogP contribution in [0.2, 0.25) is 0 Å². The van der Waals surface area contributed by atoms with Crippen molar-refractivity contribution in [3.05, 3.63) is 44.0 Å². The number of ether oxygens (including phenoxy) is 1. The lowest BCUT2D eigenvalue weighted by molar-refractivity contribution is -0.130. The second-order valence-corrected chi connectivity index (χ2v) is 7.21. The highest BCUT2D eigenvalue weighted by Gasteiger charge is 2.17. The first kappa shape index (κ1) is 18.6. The van der Waals surface area contributed by atoms with Crippen LogP contribution in [-0.2, 0) is 22.5 Å². The van der Waals surface area contributed by atoms with Gasteiger partial charge in [0.05, 0.1) is 13.2 Å². The van der Waals surface area contributed by atoms with Gasteiger partial charge in [-0.2, -0.15) is 11.3 Å². The molecule has 2 aromatic heterocycles. The van der Waals surface area contributed by atoms with Crippen LogP contribution in [0.15, 0.2) is 21.6 Å². The first-order chi connectivity index (χ1) is 12.5. The van der Waals surface area contributed by atoms with Gasteiger partial charge >= 0.3 is 0 Å². The van der Waals surface area contributed by atoms with Crippen molar-refractivity contribution in [2.45, 2.75) is 26.3 Å². The molecule has 0 spiro atoms. The van der Waals surface area contributed by atoms with Crippen molar-refractivity contribution in [2.24, 2.45) is 0 Å². The summed E-state index contributed by atoms with van der Waals surface area (Å²) in [5.74, 6) is 0.604. The molecule has 0 radical (unpaired) electrons. The second kappa shape index (κ2) is 8.46. The molecule has 7 nitrogen and oxygen atoms in total. The van der Waals surface area contributed by atoms with E-state index >= 15 is 0 Å². The highest BCUT2D eigenvalue weighted by atomic mass is 32.1. The number of carbonyl (C=O) groups excluding carboxylic acids is 1. The molecule has 0 unspecified atom stereocenters. The highest BCUT2D eigenvalue weighted by molar-refractivity contribution is 7.07.